The van der Waals surface area contributed by atoms with Crippen molar-refractivity contribution in [3.8, 4) is 5.75 Å². The Labute approximate surface area is 165 Å². The molecule has 1 fully saturated rings. The summed E-state index contributed by atoms with van der Waals surface area (Å²) in [7, 11) is -3.45. The van der Waals surface area contributed by atoms with Gasteiger partial charge in [-0.2, -0.15) is 13.1 Å². The van der Waals surface area contributed by atoms with E-state index >= 15 is 0 Å². The highest BCUT2D eigenvalue weighted by atomic mass is 32.2. The summed E-state index contributed by atoms with van der Waals surface area (Å²) in [4.78, 5) is 13.5. The monoisotopic (exact) mass is 425 g/mol. The number of amides is 1. The van der Waals surface area contributed by atoms with Crippen molar-refractivity contribution in [2.75, 3.05) is 19.0 Å². The van der Waals surface area contributed by atoms with Crippen molar-refractivity contribution < 1.29 is 30.9 Å². The number of likely N-dealkylation sites (tertiary alicyclic amines) is 1. The van der Waals surface area contributed by atoms with Gasteiger partial charge in [0.2, 0.25) is 5.75 Å². The molecule has 2 heterocycles. The highest BCUT2D eigenvalue weighted by Crippen LogP contribution is 2.47. The first-order valence-corrected chi connectivity index (χ1v) is 10.1. The van der Waals surface area contributed by atoms with E-state index in [1.54, 1.807) is 24.3 Å². The summed E-state index contributed by atoms with van der Waals surface area (Å²) in [5.74, 6) is -3.34. The number of nitrogens with one attached hydrogen (secondary N) is 2. The fourth-order valence-corrected chi connectivity index (χ4v) is 5.04. The summed E-state index contributed by atoms with van der Waals surface area (Å²) in [5.41, 5.74) is -0.103. The van der Waals surface area contributed by atoms with Crippen LogP contribution in [-0.2, 0) is 20.6 Å². The quantitative estimate of drug-likeness (QED) is 0.780. The molecule has 0 spiro atoms. The molecule has 154 valence electrons. The molecule has 4 rings (SSSR count). The molecular weight excluding hydrogens is 408 g/mol. The Morgan fingerprint density at radius 1 is 1.21 bits per heavy atom. The molecule has 2 aliphatic heterocycles. The van der Waals surface area contributed by atoms with Crippen LogP contribution >= 0.6 is 0 Å². The van der Waals surface area contributed by atoms with E-state index in [-0.39, 0.29) is 13.0 Å². The lowest BCUT2D eigenvalue weighted by Crippen LogP contribution is -2.55. The molecule has 8 nitrogen and oxygen atoms in total. The standard InChI is InChI=1S/C18H17F2N3O5S/c1-27-17(24)23-10-9-18(11-5-2-3-8-14(11)21-16(18)23)22-29(25,26)28-15-12(19)6-4-7-13(15)20/h2-8,16,21-22H,9-10H2,1H3/t16-,18-/m0/s1. The number of hydrogen-bond donors (Lipinski definition) is 2. The van der Waals surface area contributed by atoms with E-state index in [4.69, 9.17) is 8.92 Å². The van der Waals surface area contributed by atoms with E-state index in [1.165, 1.54) is 12.0 Å². The van der Waals surface area contributed by atoms with Crippen LogP contribution in [0.25, 0.3) is 0 Å². The van der Waals surface area contributed by atoms with Crippen molar-refractivity contribution in [2.45, 2.75) is 18.1 Å². The zero-order valence-corrected chi connectivity index (χ0v) is 16.0. The maximum Gasteiger partial charge on any atom is 0.411 e. The van der Waals surface area contributed by atoms with Gasteiger partial charge < -0.3 is 14.2 Å². The van der Waals surface area contributed by atoms with Gasteiger partial charge in [0.1, 0.15) is 11.7 Å². The second kappa shape index (κ2) is 6.85. The van der Waals surface area contributed by atoms with Gasteiger partial charge in [-0.1, -0.05) is 24.3 Å². The Bertz CT molecular complexity index is 1060. The lowest BCUT2D eigenvalue weighted by atomic mass is 9.90. The predicted octanol–water partition coefficient (Wildman–Crippen LogP) is 2.30. The van der Waals surface area contributed by atoms with Crippen LogP contribution in [0, 0.1) is 11.6 Å². The second-order valence-corrected chi connectivity index (χ2v) is 7.95. The van der Waals surface area contributed by atoms with E-state index in [9.17, 15) is 22.0 Å². The highest BCUT2D eigenvalue weighted by Gasteiger charge is 2.57. The van der Waals surface area contributed by atoms with Gasteiger partial charge in [-0.15, -0.1) is 0 Å². The minimum atomic E-state index is -4.67. The molecule has 11 heteroatoms. The lowest BCUT2D eigenvalue weighted by molar-refractivity contribution is 0.117. The molecule has 2 aliphatic rings. The summed E-state index contributed by atoms with van der Waals surface area (Å²) < 4.78 is 65.1. The third-order valence-corrected chi connectivity index (χ3v) is 6.05. The summed E-state index contributed by atoms with van der Waals surface area (Å²) in [6, 6.07) is 9.77. The third kappa shape index (κ3) is 3.15. The molecule has 2 N–H and O–H groups in total. The van der Waals surface area contributed by atoms with Gasteiger partial charge in [0.25, 0.3) is 0 Å². The smallest absolute Gasteiger partial charge is 0.411 e. The van der Waals surface area contributed by atoms with Crippen molar-refractivity contribution in [3.63, 3.8) is 0 Å². The summed E-state index contributed by atoms with van der Waals surface area (Å²) in [5, 5.41) is 3.11. The number of para-hydroxylation sites is 2. The highest BCUT2D eigenvalue weighted by molar-refractivity contribution is 7.85. The Morgan fingerprint density at radius 2 is 1.90 bits per heavy atom. The van der Waals surface area contributed by atoms with Crippen molar-refractivity contribution >= 4 is 22.1 Å². The Hall–Kier alpha value is -2.92. The largest absolute Gasteiger partial charge is 0.453 e. The van der Waals surface area contributed by atoms with Crippen LogP contribution in [0.1, 0.15) is 12.0 Å². The number of halogens is 2. The third-order valence-electron chi connectivity index (χ3n) is 5.05. The molecule has 29 heavy (non-hydrogen) atoms. The molecule has 2 atom stereocenters. The molecule has 2 aromatic rings. The number of methoxy groups -OCH3 is 1. The van der Waals surface area contributed by atoms with Crippen molar-refractivity contribution in [3.05, 3.63) is 59.7 Å². The zero-order valence-electron chi connectivity index (χ0n) is 15.2. The topological polar surface area (TPSA) is 97.0 Å². The normalized spacial score (nSPS) is 22.6. The maximum atomic E-state index is 13.9. The molecule has 0 saturated carbocycles. The number of rotatable bonds is 4. The molecule has 0 aromatic heterocycles. The fourth-order valence-electron chi connectivity index (χ4n) is 3.85. The van der Waals surface area contributed by atoms with Gasteiger partial charge in [0.15, 0.2) is 11.6 Å². The van der Waals surface area contributed by atoms with Crippen LogP contribution in [0.5, 0.6) is 5.75 Å². The van der Waals surface area contributed by atoms with Crippen LogP contribution in [-0.4, -0.2) is 39.2 Å². The van der Waals surface area contributed by atoms with Crippen LogP contribution in [0.2, 0.25) is 0 Å². The molecule has 0 unspecified atom stereocenters. The number of anilines is 1. The van der Waals surface area contributed by atoms with Crippen molar-refractivity contribution in [1.29, 1.82) is 0 Å². The first-order chi connectivity index (χ1) is 13.8. The number of fused-ring (bicyclic) bond motifs is 3. The van der Waals surface area contributed by atoms with Crippen LogP contribution in [0.4, 0.5) is 19.3 Å². The summed E-state index contributed by atoms with van der Waals surface area (Å²) in [6.07, 6.45) is -1.26. The number of ether oxygens (including phenoxy) is 1. The van der Waals surface area contributed by atoms with E-state index < -0.39 is 45.5 Å². The van der Waals surface area contributed by atoms with Gasteiger partial charge in [0, 0.05) is 17.8 Å². The number of carbonyl (C=O) groups excluding carboxylic acids is 1. The minimum absolute atomic E-state index is 0.190. The molecule has 1 saturated heterocycles. The van der Waals surface area contributed by atoms with E-state index in [0.717, 1.165) is 18.2 Å². The zero-order chi connectivity index (χ0) is 20.8. The number of benzene rings is 2. The van der Waals surface area contributed by atoms with Crippen molar-refractivity contribution in [2.24, 2.45) is 0 Å². The average Bonchev–Trinajstić information content (AvgIpc) is 3.17. The van der Waals surface area contributed by atoms with Gasteiger partial charge in [-0.25, -0.2) is 13.6 Å². The van der Waals surface area contributed by atoms with Crippen LogP contribution < -0.4 is 14.2 Å². The van der Waals surface area contributed by atoms with E-state index in [0.29, 0.717) is 11.3 Å². The molecule has 0 bridgehead atoms. The van der Waals surface area contributed by atoms with Gasteiger partial charge >= 0.3 is 16.4 Å². The van der Waals surface area contributed by atoms with Gasteiger partial charge in [-0.3, -0.25) is 4.90 Å². The lowest BCUT2D eigenvalue weighted by Gasteiger charge is -2.32. The van der Waals surface area contributed by atoms with Crippen LogP contribution in [0.3, 0.4) is 0 Å². The Kier molecular flexibility index (Phi) is 4.58. The second-order valence-electron chi connectivity index (χ2n) is 6.67. The Balaban J connectivity index is 1.72. The number of carbonyl (C=O) groups is 1. The first kappa shape index (κ1) is 19.4. The number of hydrogen-bond acceptors (Lipinski definition) is 6. The average molecular weight is 425 g/mol. The molecule has 0 aliphatic carbocycles. The minimum Gasteiger partial charge on any atom is -0.453 e. The summed E-state index contributed by atoms with van der Waals surface area (Å²) >= 11 is 0. The van der Waals surface area contributed by atoms with Crippen LogP contribution in [0.15, 0.2) is 42.5 Å². The van der Waals surface area contributed by atoms with Crippen molar-refractivity contribution in [1.82, 2.24) is 9.62 Å². The summed E-state index contributed by atoms with van der Waals surface area (Å²) in [6.45, 7) is 0.190. The molecule has 1 amide bonds. The van der Waals surface area contributed by atoms with Gasteiger partial charge in [0.05, 0.1) is 7.11 Å². The SMILES string of the molecule is COC(=O)N1CC[C@]2(NS(=O)(=O)Oc3c(F)cccc3F)c3ccccc3N[C@@H]12. The predicted molar refractivity (Wildman–Crippen MR) is 98.3 cm³/mol. The number of nitrogens with zero attached hydrogens (tertiary/aromatic N) is 1. The molecule has 0 radical (unpaired) electrons. The van der Waals surface area contributed by atoms with E-state index in [2.05, 4.69) is 10.0 Å². The Morgan fingerprint density at radius 3 is 2.59 bits per heavy atom. The van der Waals surface area contributed by atoms with E-state index in [1.807, 2.05) is 0 Å². The first-order valence-electron chi connectivity index (χ1n) is 8.65. The fraction of sp³-hybridized carbons (Fsp3) is 0.278. The maximum absolute atomic E-state index is 13.9. The molecule has 2 aromatic carbocycles. The molecular formula is C18H17F2N3O5S. The van der Waals surface area contributed by atoms with Gasteiger partial charge in [-0.05, 0) is 24.6 Å².